The second-order valence-electron chi connectivity index (χ2n) is 13.0. The van der Waals surface area contributed by atoms with Crippen molar-refractivity contribution < 1.29 is 14.7 Å². The number of aromatic nitrogens is 3. The van der Waals surface area contributed by atoms with E-state index < -0.39 is 5.97 Å². The predicted octanol–water partition coefficient (Wildman–Crippen LogP) is 6.87. The summed E-state index contributed by atoms with van der Waals surface area (Å²) in [5, 5.41) is 14.7. The molecular weight excluding hydrogens is 635 g/mol. The number of carbonyl (C=O) groups is 2. The number of likely N-dealkylation sites (N-methyl/N-ethyl adjacent to an activating group) is 1. The van der Waals surface area contributed by atoms with Crippen LogP contribution in [0.3, 0.4) is 0 Å². The largest absolute Gasteiger partial charge is 0.481 e. The third-order valence-corrected chi connectivity index (χ3v) is 10.1. The molecule has 2 N–H and O–H groups in total. The first-order valence-electron chi connectivity index (χ1n) is 16.7. The van der Waals surface area contributed by atoms with Crippen LogP contribution in [0.5, 0.6) is 0 Å². The molecule has 1 aliphatic rings. The number of hydrogen-bond acceptors (Lipinski definition) is 9. The molecule has 2 aromatic carbocycles. The zero-order chi connectivity index (χ0) is 34.7. The van der Waals surface area contributed by atoms with Gasteiger partial charge in [0.15, 0.2) is 5.82 Å². The number of nitrogens with one attached hydrogen (secondary N) is 1. The molecule has 3 aromatic heterocycles. The number of amides is 1. The minimum absolute atomic E-state index is 0.119. The van der Waals surface area contributed by atoms with E-state index in [9.17, 15) is 9.59 Å². The van der Waals surface area contributed by atoms with Crippen LogP contribution in [0.2, 0.25) is 0 Å². The van der Waals surface area contributed by atoms with Gasteiger partial charge in [0.25, 0.3) is 0 Å². The SMILES string of the molecule is CCCN(CCC(=O)O)Cc1cnc2c(Nc3cccc(-c4cccc(-c5nc6c(s5)CN(C(=O)CN(C)C)C6)c4C)c3C)nccc2c1. The van der Waals surface area contributed by atoms with E-state index in [2.05, 4.69) is 78.4 Å². The van der Waals surface area contributed by atoms with Crippen molar-refractivity contribution in [1.82, 2.24) is 29.7 Å². The highest BCUT2D eigenvalue weighted by Crippen LogP contribution is 2.40. The van der Waals surface area contributed by atoms with Gasteiger partial charge in [-0.2, -0.15) is 0 Å². The standard InChI is InChI=1S/C38H43N7O3S/c1-6-16-44(17-14-35(47)48)20-26-18-27-13-15-39-37(36(27)40-19-26)41-31-12-8-10-29(25(31)3)28-9-7-11-30(24(28)2)38-42-32-21-45(22-33(32)49-38)34(46)23-43(4)5/h7-13,15,18-19H,6,14,16-17,20-23H2,1-5H3,(H,39,41)(H,47,48). The summed E-state index contributed by atoms with van der Waals surface area (Å²) in [6.45, 7) is 9.94. The maximum absolute atomic E-state index is 12.6. The molecule has 5 aromatic rings. The van der Waals surface area contributed by atoms with Crippen LogP contribution < -0.4 is 5.32 Å². The third-order valence-electron chi connectivity index (χ3n) is 8.94. The highest BCUT2D eigenvalue weighted by atomic mass is 32.1. The van der Waals surface area contributed by atoms with E-state index in [1.54, 1.807) is 17.5 Å². The lowest BCUT2D eigenvalue weighted by atomic mass is 9.93. The molecule has 6 rings (SSSR count). The summed E-state index contributed by atoms with van der Waals surface area (Å²) >= 11 is 1.68. The molecule has 1 aliphatic heterocycles. The van der Waals surface area contributed by atoms with Crippen molar-refractivity contribution in [3.63, 3.8) is 0 Å². The average molecular weight is 678 g/mol. The molecule has 0 atom stereocenters. The number of thiazole rings is 1. The zero-order valence-corrected chi connectivity index (χ0v) is 29.6. The smallest absolute Gasteiger partial charge is 0.304 e. The lowest BCUT2D eigenvalue weighted by molar-refractivity contribution is -0.137. The number of carboxylic acids is 1. The van der Waals surface area contributed by atoms with Crippen molar-refractivity contribution >= 4 is 45.6 Å². The summed E-state index contributed by atoms with van der Waals surface area (Å²) in [5.41, 5.74) is 9.41. The Balaban J connectivity index is 1.23. The normalized spacial score (nSPS) is 12.7. The topological polar surface area (TPSA) is 115 Å². The lowest BCUT2D eigenvalue weighted by Crippen LogP contribution is -2.34. The number of benzene rings is 2. The van der Waals surface area contributed by atoms with Gasteiger partial charge >= 0.3 is 5.97 Å². The van der Waals surface area contributed by atoms with Crippen LogP contribution >= 0.6 is 11.3 Å². The van der Waals surface area contributed by atoms with Gasteiger partial charge in [0, 0.05) is 47.0 Å². The van der Waals surface area contributed by atoms with Gasteiger partial charge in [-0.25, -0.2) is 9.97 Å². The molecule has 0 aliphatic carbocycles. The average Bonchev–Trinajstić information content (AvgIpc) is 3.65. The molecule has 0 fully saturated rings. The summed E-state index contributed by atoms with van der Waals surface area (Å²) in [6, 6.07) is 16.7. The Morgan fingerprint density at radius 2 is 1.73 bits per heavy atom. The molecule has 254 valence electrons. The van der Waals surface area contributed by atoms with Crippen molar-refractivity contribution in [2.75, 3.05) is 39.0 Å². The van der Waals surface area contributed by atoms with Crippen LogP contribution in [0.4, 0.5) is 11.5 Å². The first kappa shape index (κ1) is 34.2. The monoisotopic (exact) mass is 677 g/mol. The van der Waals surface area contributed by atoms with Crippen LogP contribution in [-0.2, 0) is 29.2 Å². The van der Waals surface area contributed by atoms with Crippen molar-refractivity contribution in [3.8, 4) is 21.7 Å². The van der Waals surface area contributed by atoms with Crippen molar-refractivity contribution in [1.29, 1.82) is 0 Å². The Hall–Kier alpha value is -4.71. The van der Waals surface area contributed by atoms with E-state index in [1.165, 1.54) is 0 Å². The fraction of sp³-hybridized carbons (Fsp3) is 0.342. The van der Waals surface area contributed by atoms with Crippen LogP contribution in [-0.4, -0.2) is 80.4 Å². The van der Waals surface area contributed by atoms with Crippen LogP contribution in [0.15, 0.2) is 60.9 Å². The Morgan fingerprint density at radius 3 is 2.47 bits per heavy atom. The Bertz CT molecular complexity index is 1980. The van der Waals surface area contributed by atoms with Gasteiger partial charge in [0.2, 0.25) is 5.91 Å². The quantitative estimate of drug-likeness (QED) is 0.138. The van der Waals surface area contributed by atoms with Crippen molar-refractivity contribution in [2.24, 2.45) is 0 Å². The number of fused-ring (bicyclic) bond motifs is 2. The Morgan fingerprint density at radius 1 is 0.980 bits per heavy atom. The van der Waals surface area contributed by atoms with Gasteiger partial charge in [0.1, 0.15) is 10.5 Å². The number of rotatable bonds is 13. The summed E-state index contributed by atoms with van der Waals surface area (Å²) in [5.74, 6) is 0.0233. The summed E-state index contributed by atoms with van der Waals surface area (Å²) < 4.78 is 0. The lowest BCUT2D eigenvalue weighted by Gasteiger charge is -2.21. The summed E-state index contributed by atoms with van der Waals surface area (Å²) in [6.07, 6.45) is 4.73. The second kappa shape index (κ2) is 14.8. The minimum Gasteiger partial charge on any atom is -0.481 e. The second-order valence-corrected chi connectivity index (χ2v) is 14.0. The first-order chi connectivity index (χ1) is 23.6. The number of anilines is 2. The number of nitrogens with zero attached hydrogens (tertiary/aromatic N) is 6. The van der Waals surface area contributed by atoms with E-state index in [-0.39, 0.29) is 12.3 Å². The number of carbonyl (C=O) groups excluding carboxylic acids is 1. The Labute approximate surface area is 291 Å². The maximum Gasteiger partial charge on any atom is 0.304 e. The molecule has 10 nitrogen and oxygen atoms in total. The third kappa shape index (κ3) is 7.64. The predicted molar refractivity (Wildman–Crippen MR) is 196 cm³/mol. The van der Waals surface area contributed by atoms with E-state index in [1.807, 2.05) is 36.2 Å². The molecule has 0 spiro atoms. The van der Waals surface area contributed by atoms with Gasteiger partial charge in [-0.1, -0.05) is 37.3 Å². The van der Waals surface area contributed by atoms with E-state index >= 15 is 0 Å². The van der Waals surface area contributed by atoms with Gasteiger partial charge in [-0.05, 0) is 86.9 Å². The number of carboxylic acid groups (broad SMARTS) is 1. The van der Waals surface area contributed by atoms with Crippen molar-refractivity contribution in [2.45, 2.75) is 53.2 Å². The van der Waals surface area contributed by atoms with E-state index in [4.69, 9.17) is 15.1 Å². The number of aliphatic carboxylic acids is 1. The van der Waals surface area contributed by atoms with Crippen LogP contribution in [0.25, 0.3) is 32.6 Å². The molecule has 49 heavy (non-hydrogen) atoms. The van der Waals surface area contributed by atoms with Gasteiger partial charge in [-0.3, -0.25) is 19.5 Å². The molecule has 0 saturated carbocycles. The molecule has 4 heterocycles. The van der Waals surface area contributed by atoms with E-state index in [0.717, 1.165) is 78.5 Å². The molecular formula is C38H43N7O3S. The fourth-order valence-electron chi connectivity index (χ4n) is 6.43. The molecule has 0 saturated heterocycles. The van der Waals surface area contributed by atoms with Gasteiger partial charge in [-0.15, -0.1) is 11.3 Å². The fourth-order valence-corrected chi connectivity index (χ4v) is 7.60. The molecule has 0 radical (unpaired) electrons. The highest BCUT2D eigenvalue weighted by Gasteiger charge is 2.28. The van der Waals surface area contributed by atoms with Crippen molar-refractivity contribution in [3.05, 3.63) is 88.2 Å². The minimum atomic E-state index is -0.785. The first-order valence-corrected chi connectivity index (χ1v) is 17.5. The van der Waals surface area contributed by atoms with E-state index in [0.29, 0.717) is 38.5 Å². The summed E-state index contributed by atoms with van der Waals surface area (Å²) in [7, 11) is 3.82. The van der Waals surface area contributed by atoms with Crippen LogP contribution in [0, 0.1) is 13.8 Å². The zero-order valence-electron chi connectivity index (χ0n) is 28.8. The highest BCUT2D eigenvalue weighted by molar-refractivity contribution is 7.15. The molecule has 0 bridgehead atoms. The van der Waals surface area contributed by atoms with Gasteiger partial charge in [0.05, 0.1) is 31.7 Å². The molecule has 11 heteroatoms. The number of pyridine rings is 2. The van der Waals surface area contributed by atoms with Gasteiger partial charge < -0.3 is 20.2 Å². The number of hydrogen-bond donors (Lipinski definition) is 2. The molecule has 1 amide bonds. The maximum atomic E-state index is 12.6. The molecule has 0 unspecified atom stereocenters. The Kier molecular flexibility index (Phi) is 10.3. The summed E-state index contributed by atoms with van der Waals surface area (Å²) in [4.78, 5) is 45.3. The van der Waals surface area contributed by atoms with Crippen LogP contribution in [0.1, 0.15) is 47.0 Å².